The molecule has 0 aliphatic heterocycles. The third-order valence-corrected chi connectivity index (χ3v) is 3.27. The smallest absolute Gasteiger partial charge is 0.315 e. The fourth-order valence-corrected chi connectivity index (χ4v) is 2.06. The van der Waals surface area contributed by atoms with Gasteiger partial charge in [0.2, 0.25) is 5.91 Å². The number of urea groups is 1. The van der Waals surface area contributed by atoms with Gasteiger partial charge < -0.3 is 20.4 Å². The molecule has 9 nitrogen and oxygen atoms in total. The maximum absolute atomic E-state index is 11.9. The lowest BCUT2D eigenvalue weighted by Crippen LogP contribution is -2.39. The summed E-state index contributed by atoms with van der Waals surface area (Å²) in [6.07, 6.45) is 2.95. The number of rotatable bonds is 6. The van der Waals surface area contributed by atoms with Crippen molar-refractivity contribution in [1.29, 1.82) is 0 Å². The van der Waals surface area contributed by atoms with Crippen LogP contribution in [0.3, 0.4) is 0 Å². The van der Waals surface area contributed by atoms with Gasteiger partial charge in [-0.3, -0.25) is 9.89 Å². The number of aromatic nitrogens is 3. The summed E-state index contributed by atoms with van der Waals surface area (Å²) in [7, 11) is 0. The maximum Gasteiger partial charge on any atom is 0.315 e. The van der Waals surface area contributed by atoms with Crippen molar-refractivity contribution in [3.8, 4) is 11.4 Å². The first-order valence-electron chi connectivity index (χ1n) is 7.50. The summed E-state index contributed by atoms with van der Waals surface area (Å²) in [5.41, 5.74) is 1.47. The number of H-pyrrole nitrogens is 1. The van der Waals surface area contributed by atoms with Gasteiger partial charge in [-0.15, -0.1) is 0 Å². The molecule has 0 unspecified atom stereocenters. The lowest BCUT2D eigenvalue weighted by Gasteiger charge is -2.08. The molecule has 0 bridgehead atoms. The SMILES string of the molecule is O=C(CNC(=O)NCc1ccco1)Nc1ccc(-c2ncn[nH]2)cc1. The van der Waals surface area contributed by atoms with Gasteiger partial charge in [-0.25, -0.2) is 9.78 Å². The first-order chi connectivity index (χ1) is 12.2. The predicted molar refractivity (Wildman–Crippen MR) is 89.4 cm³/mol. The normalized spacial score (nSPS) is 10.2. The van der Waals surface area contributed by atoms with E-state index in [1.807, 2.05) is 0 Å². The van der Waals surface area contributed by atoms with Crippen LogP contribution in [0.4, 0.5) is 10.5 Å². The van der Waals surface area contributed by atoms with Crippen molar-refractivity contribution in [3.63, 3.8) is 0 Å². The second kappa shape index (κ2) is 7.77. The largest absolute Gasteiger partial charge is 0.467 e. The third kappa shape index (κ3) is 4.67. The lowest BCUT2D eigenvalue weighted by molar-refractivity contribution is -0.115. The Hall–Kier alpha value is -3.62. The van der Waals surface area contributed by atoms with Gasteiger partial charge in [0.15, 0.2) is 5.82 Å². The number of furan rings is 1. The zero-order valence-corrected chi connectivity index (χ0v) is 13.2. The highest BCUT2D eigenvalue weighted by atomic mass is 16.3. The fourth-order valence-electron chi connectivity index (χ4n) is 2.06. The average molecular weight is 340 g/mol. The van der Waals surface area contributed by atoms with Gasteiger partial charge in [0, 0.05) is 11.3 Å². The number of carbonyl (C=O) groups is 2. The highest BCUT2D eigenvalue weighted by Crippen LogP contribution is 2.16. The predicted octanol–water partition coefficient (Wildman–Crippen LogP) is 1.50. The van der Waals surface area contributed by atoms with Crippen LogP contribution in [0.25, 0.3) is 11.4 Å². The average Bonchev–Trinajstić information content (AvgIpc) is 3.32. The number of carbonyl (C=O) groups excluding carboxylic acids is 2. The van der Waals surface area contributed by atoms with Crippen LogP contribution in [-0.2, 0) is 11.3 Å². The molecular formula is C16H16N6O3. The van der Waals surface area contributed by atoms with Crippen molar-refractivity contribution < 1.29 is 14.0 Å². The minimum Gasteiger partial charge on any atom is -0.467 e. The van der Waals surface area contributed by atoms with Crippen molar-refractivity contribution >= 4 is 17.6 Å². The maximum atomic E-state index is 11.9. The molecule has 25 heavy (non-hydrogen) atoms. The van der Waals surface area contributed by atoms with Crippen molar-refractivity contribution in [3.05, 3.63) is 54.7 Å². The van der Waals surface area contributed by atoms with E-state index in [9.17, 15) is 9.59 Å². The molecule has 0 saturated heterocycles. The van der Waals surface area contributed by atoms with E-state index < -0.39 is 6.03 Å². The monoisotopic (exact) mass is 340 g/mol. The number of hydrogen-bond donors (Lipinski definition) is 4. The summed E-state index contributed by atoms with van der Waals surface area (Å²) in [5.74, 6) is 0.944. The van der Waals surface area contributed by atoms with Crippen LogP contribution >= 0.6 is 0 Å². The van der Waals surface area contributed by atoms with E-state index in [0.717, 1.165) is 5.56 Å². The number of benzene rings is 1. The van der Waals surface area contributed by atoms with E-state index >= 15 is 0 Å². The highest BCUT2D eigenvalue weighted by molar-refractivity contribution is 5.94. The molecule has 0 radical (unpaired) electrons. The van der Waals surface area contributed by atoms with Crippen molar-refractivity contribution in [2.24, 2.45) is 0 Å². The molecule has 3 rings (SSSR count). The molecule has 0 atom stereocenters. The summed E-state index contributed by atoms with van der Waals surface area (Å²) in [6, 6.07) is 10.1. The van der Waals surface area contributed by atoms with Crippen LogP contribution in [0.2, 0.25) is 0 Å². The quantitative estimate of drug-likeness (QED) is 0.541. The Labute approximate surface area is 142 Å². The van der Waals surface area contributed by atoms with Gasteiger partial charge in [0.1, 0.15) is 12.1 Å². The number of anilines is 1. The van der Waals surface area contributed by atoms with Crippen LogP contribution in [0, 0.1) is 0 Å². The van der Waals surface area contributed by atoms with Crippen LogP contribution in [0.1, 0.15) is 5.76 Å². The second-order valence-electron chi connectivity index (χ2n) is 5.08. The minimum absolute atomic E-state index is 0.145. The number of amides is 3. The molecule has 2 aromatic heterocycles. The summed E-state index contributed by atoms with van der Waals surface area (Å²) in [4.78, 5) is 27.5. The Morgan fingerprint density at radius 1 is 1.12 bits per heavy atom. The third-order valence-electron chi connectivity index (χ3n) is 3.27. The molecule has 9 heteroatoms. The zero-order chi connectivity index (χ0) is 17.5. The van der Waals surface area contributed by atoms with Crippen LogP contribution in [0.15, 0.2) is 53.4 Å². The van der Waals surface area contributed by atoms with E-state index in [1.165, 1.54) is 12.6 Å². The Morgan fingerprint density at radius 2 is 1.96 bits per heavy atom. The van der Waals surface area contributed by atoms with Gasteiger partial charge in [-0.05, 0) is 36.4 Å². The first-order valence-corrected chi connectivity index (χ1v) is 7.50. The number of hydrogen-bond acceptors (Lipinski definition) is 5. The number of nitrogens with zero attached hydrogens (tertiary/aromatic N) is 2. The molecule has 0 saturated carbocycles. The summed E-state index contributed by atoms with van der Waals surface area (Å²) >= 11 is 0. The molecule has 128 valence electrons. The molecule has 3 aromatic rings. The van der Waals surface area contributed by atoms with Gasteiger partial charge in [-0.1, -0.05) is 0 Å². The van der Waals surface area contributed by atoms with Gasteiger partial charge in [0.05, 0.1) is 19.4 Å². The van der Waals surface area contributed by atoms with Crippen molar-refractivity contribution in [2.45, 2.75) is 6.54 Å². The van der Waals surface area contributed by atoms with Gasteiger partial charge >= 0.3 is 6.03 Å². The van der Waals surface area contributed by atoms with Crippen LogP contribution < -0.4 is 16.0 Å². The molecule has 0 spiro atoms. The van der Waals surface area contributed by atoms with Gasteiger partial charge in [0.25, 0.3) is 0 Å². The Kier molecular flexibility index (Phi) is 5.05. The Balaban J connectivity index is 1.42. The highest BCUT2D eigenvalue weighted by Gasteiger charge is 2.07. The molecule has 2 heterocycles. The summed E-state index contributed by atoms with van der Waals surface area (Å²) < 4.78 is 5.09. The molecule has 4 N–H and O–H groups in total. The van der Waals surface area contributed by atoms with E-state index in [0.29, 0.717) is 17.3 Å². The molecule has 1 aromatic carbocycles. The lowest BCUT2D eigenvalue weighted by atomic mass is 10.2. The van der Waals surface area contributed by atoms with E-state index in [1.54, 1.807) is 36.4 Å². The minimum atomic E-state index is -0.452. The van der Waals surface area contributed by atoms with Crippen LogP contribution in [0.5, 0.6) is 0 Å². The van der Waals surface area contributed by atoms with E-state index in [4.69, 9.17) is 4.42 Å². The first kappa shape index (κ1) is 16.2. The van der Waals surface area contributed by atoms with E-state index in [2.05, 4.69) is 31.1 Å². The van der Waals surface area contributed by atoms with Gasteiger partial charge in [-0.2, -0.15) is 5.10 Å². The molecular weight excluding hydrogens is 324 g/mol. The van der Waals surface area contributed by atoms with Crippen molar-refractivity contribution in [2.75, 3.05) is 11.9 Å². The Bertz CT molecular complexity index is 812. The summed E-state index contributed by atoms with van der Waals surface area (Å²) in [5, 5.41) is 14.3. The number of aromatic amines is 1. The Morgan fingerprint density at radius 3 is 2.64 bits per heavy atom. The van der Waals surface area contributed by atoms with Crippen LogP contribution in [-0.4, -0.2) is 33.7 Å². The van der Waals surface area contributed by atoms with Crippen molar-refractivity contribution in [1.82, 2.24) is 25.8 Å². The summed E-state index contributed by atoms with van der Waals surface area (Å²) in [6.45, 7) is 0.109. The second-order valence-corrected chi connectivity index (χ2v) is 5.08. The molecule has 3 amide bonds. The zero-order valence-electron chi connectivity index (χ0n) is 13.2. The topological polar surface area (TPSA) is 125 Å². The molecule has 0 aliphatic rings. The van der Waals surface area contributed by atoms with E-state index in [-0.39, 0.29) is 19.0 Å². The standard InChI is InChI=1S/C16H16N6O3/c23-14(9-18-16(24)17-8-13-2-1-7-25-13)21-12-5-3-11(4-6-12)15-19-10-20-22-15/h1-7,10H,8-9H2,(H,21,23)(H2,17,18,24)(H,19,20,22). The molecule has 0 fully saturated rings. The fraction of sp³-hybridized carbons (Fsp3) is 0.125. The number of nitrogens with one attached hydrogen (secondary N) is 4. The molecule has 0 aliphatic carbocycles.